The molecule has 0 spiro atoms. The summed E-state index contributed by atoms with van der Waals surface area (Å²) in [5, 5.41) is 5.16. The van der Waals surface area contributed by atoms with Gasteiger partial charge in [-0.1, -0.05) is 13.5 Å². The molecule has 3 heterocycles. The summed E-state index contributed by atoms with van der Waals surface area (Å²) in [4.78, 5) is 47.1. The van der Waals surface area contributed by atoms with Crippen molar-refractivity contribution in [3.63, 3.8) is 0 Å². The van der Waals surface area contributed by atoms with Crippen molar-refractivity contribution in [3.8, 4) is 11.1 Å². The predicted octanol–water partition coefficient (Wildman–Crippen LogP) is 4.21. The maximum absolute atomic E-state index is 13.6. The quantitative estimate of drug-likeness (QED) is 0.352. The van der Waals surface area contributed by atoms with E-state index in [4.69, 9.17) is 0 Å². The maximum atomic E-state index is 13.6. The molecule has 0 aliphatic rings. The normalized spacial score (nSPS) is 11.4. The summed E-state index contributed by atoms with van der Waals surface area (Å²) in [5.41, 5.74) is 0.585. The van der Waals surface area contributed by atoms with Gasteiger partial charge in [0.25, 0.3) is 5.56 Å². The van der Waals surface area contributed by atoms with Crippen molar-refractivity contribution in [1.82, 2.24) is 18.9 Å². The van der Waals surface area contributed by atoms with Gasteiger partial charge in [-0.25, -0.2) is 9.97 Å². The molecular formula is C26H23F3N6O3. The van der Waals surface area contributed by atoms with Crippen LogP contribution in [0.4, 0.5) is 24.7 Å². The highest BCUT2D eigenvalue weighted by Gasteiger charge is 2.30. The van der Waals surface area contributed by atoms with E-state index < -0.39 is 29.1 Å². The lowest BCUT2D eigenvalue weighted by atomic mass is 10.0. The van der Waals surface area contributed by atoms with Gasteiger partial charge >= 0.3 is 6.18 Å². The van der Waals surface area contributed by atoms with E-state index in [0.717, 1.165) is 18.2 Å². The van der Waals surface area contributed by atoms with Crippen molar-refractivity contribution in [2.75, 3.05) is 10.6 Å². The fourth-order valence-electron chi connectivity index (χ4n) is 3.97. The van der Waals surface area contributed by atoms with Crippen LogP contribution in [0.2, 0.25) is 0 Å². The number of carbonyl (C=O) groups excluding carboxylic acids is 2. The third-order valence-corrected chi connectivity index (χ3v) is 5.79. The van der Waals surface area contributed by atoms with E-state index >= 15 is 0 Å². The van der Waals surface area contributed by atoms with Gasteiger partial charge in [0.1, 0.15) is 12.4 Å². The number of nitrogens with one attached hydrogen (secondary N) is 2. The lowest BCUT2D eigenvalue weighted by Gasteiger charge is -2.13. The number of fused-ring (bicyclic) bond motifs is 1. The lowest BCUT2D eigenvalue weighted by molar-refractivity contribution is -0.137. The van der Waals surface area contributed by atoms with Crippen LogP contribution < -0.4 is 16.2 Å². The van der Waals surface area contributed by atoms with Crippen molar-refractivity contribution in [1.29, 1.82) is 0 Å². The molecule has 196 valence electrons. The Balaban J connectivity index is 1.70. The van der Waals surface area contributed by atoms with E-state index in [-0.39, 0.29) is 29.4 Å². The smallest absolute Gasteiger partial charge is 0.325 e. The number of nitrogens with zero attached hydrogens (tertiary/aromatic N) is 4. The number of benzene rings is 1. The first-order valence-corrected chi connectivity index (χ1v) is 11.5. The zero-order valence-electron chi connectivity index (χ0n) is 20.5. The average molecular weight is 525 g/mol. The second-order valence-electron chi connectivity index (χ2n) is 8.34. The van der Waals surface area contributed by atoms with E-state index in [0.29, 0.717) is 23.4 Å². The summed E-state index contributed by atoms with van der Waals surface area (Å²) in [6.07, 6.45) is -0.00352. The van der Waals surface area contributed by atoms with Crippen LogP contribution in [0.1, 0.15) is 23.9 Å². The van der Waals surface area contributed by atoms with Gasteiger partial charge in [-0.05, 0) is 55.8 Å². The number of hydrogen-bond donors (Lipinski definition) is 2. The maximum Gasteiger partial charge on any atom is 0.416 e. The lowest BCUT2D eigenvalue weighted by Crippen LogP contribution is -2.23. The molecule has 9 nitrogen and oxygen atoms in total. The van der Waals surface area contributed by atoms with E-state index in [1.807, 2.05) is 6.92 Å². The Morgan fingerprint density at radius 2 is 1.84 bits per heavy atom. The molecule has 0 atom stereocenters. The molecule has 0 fully saturated rings. The minimum absolute atomic E-state index is 0.179. The highest BCUT2D eigenvalue weighted by molar-refractivity contribution is 6.00. The number of rotatable bonds is 7. The minimum Gasteiger partial charge on any atom is -0.325 e. The standard InChI is InChI=1S/C26H23F3N6O3/c1-4-19-22(18-7-6-12-30-23(18)33-20(36)5-2)24(38)35-13-15(3)34(25(35)32-19)14-21(37)31-17-10-8-16(9-11-17)26(27,28)29/h5-13H,2,4,14H2,1,3H3,(H,31,37)(H,30,33,36). The molecule has 3 aromatic heterocycles. The van der Waals surface area contributed by atoms with Crippen LogP contribution in [-0.2, 0) is 28.7 Å². The number of aromatic nitrogens is 4. The molecule has 0 bridgehead atoms. The van der Waals surface area contributed by atoms with Crippen molar-refractivity contribution < 1.29 is 22.8 Å². The van der Waals surface area contributed by atoms with Gasteiger partial charge in [0.2, 0.25) is 17.6 Å². The Morgan fingerprint density at radius 3 is 2.47 bits per heavy atom. The summed E-state index contributed by atoms with van der Waals surface area (Å²) < 4.78 is 41.2. The molecule has 4 aromatic rings. The zero-order chi connectivity index (χ0) is 27.6. The molecule has 0 unspecified atom stereocenters. The van der Waals surface area contributed by atoms with Crippen LogP contribution in [0.15, 0.2) is 66.2 Å². The van der Waals surface area contributed by atoms with Gasteiger partial charge in [0, 0.05) is 29.3 Å². The van der Waals surface area contributed by atoms with Crippen LogP contribution >= 0.6 is 0 Å². The molecule has 38 heavy (non-hydrogen) atoms. The number of amides is 2. The minimum atomic E-state index is -4.48. The third kappa shape index (κ3) is 5.19. The van der Waals surface area contributed by atoms with Gasteiger partial charge in [0.15, 0.2) is 0 Å². The van der Waals surface area contributed by atoms with Crippen LogP contribution in [-0.4, -0.2) is 30.8 Å². The van der Waals surface area contributed by atoms with Crippen LogP contribution in [0, 0.1) is 6.92 Å². The first kappa shape index (κ1) is 26.3. The highest BCUT2D eigenvalue weighted by atomic mass is 19.4. The average Bonchev–Trinajstić information content (AvgIpc) is 3.19. The van der Waals surface area contributed by atoms with Crippen LogP contribution in [0.25, 0.3) is 16.9 Å². The summed E-state index contributed by atoms with van der Waals surface area (Å²) in [6.45, 7) is 6.71. The summed E-state index contributed by atoms with van der Waals surface area (Å²) in [5.74, 6) is -0.600. The monoisotopic (exact) mass is 524 g/mol. The van der Waals surface area contributed by atoms with Gasteiger partial charge < -0.3 is 15.2 Å². The van der Waals surface area contributed by atoms with E-state index in [2.05, 4.69) is 27.2 Å². The van der Waals surface area contributed by atoms with Crippen molar-refractivity contribution in [2.45, 2.75) is 33.0 Å². The largest absolute Gasteiger partial charge is 0.416 e. The Kier molecular flexibility index (Phi) is 7.15. The fourth-order valence-corrected chi connectivity index (χ4v) is 3.97. The fraction of sp³-hybridized carbons (Fsp3) is 0.192. The topological polar surface area (TPSA) is 110 Å². The number of imidazole rings is 1. The molecule has 4 rings (SSSR count). The molecule has 0 radical (unpaired) electrons. The number of hydrogen-bond acceptors (Lipinski definition) is 5. The predicted molar refractivity (Wildman–Crippen MR) is 136 cm³/mol. The molecule has 0 aliphatic heterocycles. The molecule has 1 aromatic carbocycles. The van der Waals surface area contributed by atoms with Gasteiger partial charge in [-0.2, -0.15) is 13.2 Å². The molecule has 2 N–H and O–H groups in total. The van der Waals surface area contributed by atoms with E-state index in [9.17, 15) is 27.6 Å². The SMILES string of the molecule is C=CC(=O)Nc1ncccc1-c1c(CC)nc2n(CC(=O)Nc3ccc(C(F)(F)F)cc3)c(C)cn2c1=O. The van der Waals surface area contributed by atoms with E-state index in [1.165, 1.54) is 33.5 Å². The zero-order valence-corrected chi connectivity index (χ0v) is 20.5. The first-order chi connectivity index (χ1) is 18.0. The Labute approximate surface area is 214 Å². The summed E-state index contributed by atoms with van der Waals surface area (Å²) >= 11 is 0. The number of carbonyl (C=O) groups is 2. The number of alkyl halides is 3. The molecule has 0 saturated carbocycles. The number of halogens is 3. The second-order valence-corrected chi connectivity index (χ2v) is 8.34. The Hall–Kier alpha value is -4.74. The first-order valence-electron chi connectivity index (χ1n) is 11.5. The second kappa shape index (κ2) is 10.3. The Morgan fingerprint density at radius 1 is 1.13 bits per heavy atom. The number of aryl methyl sites for hydroxylation is 2. The third-order valence-electron chi connectivity index (χ3n) is 5.79. The molecule has 0 aliphatic carbocycles. The van der Waals surface area contributed by atoms with Gasteiger partial charge in [0.05, 0.1) is 16.8 Å². The Bertz CT molecular complexity index is 1600. The number of anilines is 2. The van der Waals surface area contributed by atoms with Gasteiger partial charge in [-0.3, -0.25) is 18.8 Å². The van der Waals surface area contributed by atoms with Crippen molar-refractivity contribution in [2.24, 2.45) is 0 Å². The van der Waals surface area contributed by atoms with E-state index in [1.54, 1.807) is 19.1 Å². The summed E-state index contributed by atoms with van der Waals surface area (Å²) in [7, 11) is 0. The van der Waals surface area contributed by atoms with Gasteiger partial charge in [-0.15, -0.1) is 0 Å². The molecule has 12 heteroatoms. The summed E-state index contributed by atoms with van der Waals surface area (Å²) in [6, 6.07) is 7.38. The molecule has 2 amide bonds. The molecule has 0 saturated heterocycles. The van der Waals surface area contributed by atoms with Crippen LogP contribution in [0.3, 0.4) is 0 Å². The van der Waals surface area contributed by atoms with Crippen molar-refractivity contribution in [3.05, 3.63) is 88.8 Å². The molecular weight excluding hydrogens is 501 g/mol. The highest BCUT2D eigenvalue weighted by Crippen LogP contribution is 2.30. The number of pyridine rings is 1. The van der Waals surface area contributed by atoms with Crippen molar-refractivity contribution >= 4 is 29.1 Å². The van der Waals surface area contributed by atoms with Crippen LogP contribution in [0.5, 0.6) is 0 Å².